The van der Waals surface area contributed by atoms with Crippen molar-refractivity contribution in [1.82, 2.24) is 0 Å². The van der Waals surface area contributed by atoms with E-state index in [1.54, 1.807) is 18.2 Å². The average molecular weight is 286 g/mol. The molecule has 0 radical (unpaired) electrons. The molecule has 1 aliphatic carbocycles. The molecule has 0 heterocycles. The zero-order chi connectivity index (χ0) is 13.1. The lowest BCUT2D eigenvalue weighted by Crippen LogP contribution is -2.30. The Kier molecular flexibility index (Phi) is 4.66. The molecule has 1 fully saturated rings. The molecule has 1 aromatic carbocycles. The van der Waals surface area contributed by atoms with E-state index in [2.05, 4.69) is 0 Å². The molecule has 2 N–H and O–H groups in total. The van der Waals surface area contributed by atoms with E-state index in [9.17, 15) is 4.79 Å². The van der Waals surface area contributed by atoms with E-state index in [1.807, 2.05) is 0 Å². The van der Waals surface area contributed by atoms with E-state index >= 15 is 0 Å². The van der Waals surface area contributed by atoms with Crippen molar-refractivity contribution in [2.24, 2.45) is 11.7 Å². The molecule has 2 nitrogen and oxygen atoms in total. The summed E-state index contributed by atoms with van der Waals surface area (Å²) in [7, 11) is 0. The van der Waals surface area contributed by atoms with Crippen molar-refractivity contribution in [2.75, 3.05) is 0 Å². The van der Waals surface area contributed by atoms with E-state index in [-0.39, 0.29) is 17.7 Å². The minimum Gasteiger partial charge on any atom is -0.328 e. The number of Topliss-reactive ketones (excluding diaryl/α,β-unsaturated/α-hetero) is 1. The number of carbonyl (C=O) groups is 1. The maximum atomic E-state index is 12.2. The van der Waals surface area contributed by atoms with Gasteiger partial charge in [0.2, 0.25) is 0 Å². The highest BCUT2D eigenvalue weighted by Gasteiger charge is 2.24. The molecule has 0 spiro atoms. The highest BCUT2D eigenvalue weighted by atomic mass is 35.5. The van der Waals surface area contributed by atoms with Crippen LogP contribution in [0.1, 0.15) is 31.2 Å². The molecule has 0 bridgehead atoms. The third-order valence-electron chi connectivity index (χ3n) is 3.60. The van der Waals surface area contributed by atoms with Gasteiger partial charge in [-0.2, -0.15) is 0 Å². The molecule has 0 atom stereocenters. The Bertz CT molecular complexity index is 439. The summed E-state index contributed by atoms with van der Waals surface area (Å²) >= 11 is 12.0. The third kappa shape index (κ3) is 3.47. The Morgan fingerprint density at radius 1 is 1.22 bits per heavy atom. The lowest BCUT2D eigenvalue weighted by molar-refractivity contribution is -0.123. The van der Waals surface area contributed by atoms with Crippen LogP contribution in [0.2, 0.25) is 10.0 Å². The first-order valence-corrected chi connectivity index (χ1v) is 7.04. The molecule has 0 saturated heterocycles. The lowest BCUT2D eigenvalue weighted by Gasteiger charge is -2.25. The van der Waals surface area contributed by atoms with Gasteiger partial charge in [0.15, 0.2) is 0 Å². The molecule has 4 heteroatoms. The van der Waals surface area contributed by atoms with Gasteiger partial charge in [-0.05, 0) is 49.4 Å². The van der Waals surface area contributed by atoms with E-state index < -0.39 is 0 Å². The van der Waals surface area contributed by atoms with Gasteiger partial charge in [-0.1, -0.05) is 23.2 Å². The maximum Gasteiger partial charge on any atom is 0.140 e. The maximum absolute atomic E-state index is 12.2. The first kappa shape index (κ1) is 13.9. The minimum atomic E-state index is 0.139. The van der Waals surface area contributed by atoms with Crippen molar-refractivity contribution < 1.29 is 4.79 Å². The topological polar surface area (TPSA) is 43.1 Å². The Morgan fingerprint density at radius 2 is 1.89 bits per heavy atom. The fraction of sp³-hybridized carbons (Fsp3) is 0.500. The standard InChI is InChI=1S/C14H17Cl2NO/c15-11-3-6-13(16)10(7-11)8-14(18)9-1-4-12(17)5-2-9/h3,6-7,9,12H,1-2,4-5,8,17H2. The second-order valence-corrected chi connectivity index (χ2v) is 5.83. The quantitative estimate of drug-likeness (QED) is 0.922. The molecular formula is C14H17Cl2NO. The molecule has 1 aromatic rings. The van der Waals surface area contributed by atoms with Gasteiger partial charge in [0.05, 0.1) is 0 Å². The fourth-order valence-electron chi connectivity index (χ4n) is 2.45. The summed E-state index contributed by atoms with van der Waals surface area (Å²) < 4.78 is 0. The van der Waals surface area contributed by atoms with Gasteiger partial charge >= 0.3 is 0 Å². The molecule has 98 valence electrons. The fourth-order valence-corrected chi connectivity index (χ4v) is 2.83. The second kappa shape index (κ2) is 6.05. The number of hydrogen-bond donors (Lipinski definition) is 1. The molecule has 2 rings (SSSR count). The van der Waals surface area contributed by atoms with Gasteiger partial charge in [-0.25, -0.2) is 0 Å². The number of hydrogen-bond acceptors (Lipinski definition) is 2. The van der Waals surface area contributed by atoms with E-state index in [1.165, 1.54) is 0 Å². The van der Waals surface area contributed by atoms with Crippen LogP contribution in [-0.2, 0) is 11.2 Å². The van der Waals surface area contributed by atoms with Gasteiger partial charge in [-0.3, -0.25) is 4.79 Å². The zero-order valence-electron chi connectivity index (χ0n) is 10.2. The van der Waals surface area contributed by atoms with Crippen LogP contribution in [0, 0.1) is 5.92 Å². The van der Waals surface area contributed by atoms with Crippen LogP contribution < -0.4 is 5.73 Å². The second-order valence-electron chi connectivity index (χ2n) is 4.99. The lowest BCUT2D eigenvalue weighted by atomic mass is 9.82. The van der Waals surface area contributed by atoms with Crippen molar-refractivity contribution in [2.45, 2.75) is 38.1 Å². The first-order chi connectivity index (χ1) is 8.56. The van der Waals surface area contributed by atoms with Crippen molar-refractivity contribution in [3.63, 3.8) is 0 Å². The summed E-state index contributed by atoms with van der Waals surface area (Å²) in [4.78, 5) is 12.2. The van der Waals surface area contributed by atoms with E-state index in [4.69, 9.17) is 28.9 Å². The van der Waals surface area contributed by atoms with Gasteiger partial charge in [0.1, 0.15) is 5.78 Å². The summed E-state index contributed by atoms with van der Waals surface area (Å²) in [5, 5.41) is 1.23. The van der Waals surface area contributed by atoms with Gasteiger partial charge < -0.3 is 5.73 Å². The molecule has 0 aromatic heterocycles. The van der Waals surface area contributed by atoms with Gasteiger partial charge in [-0.15, -0.1) is 0 Å². The number of rotatable bonds is 3. The van der Waals surface area contributed by atoms with Crippen molar-refractivity contribution in [3.8, 4) is 0 Å². The predicted octanol–water partition coefficient (Wildman–Crippen LogP) is 3.62. The van der Waals surface area contributed by atoms with Crippen molar-refractivity contribution >= 4 is 29.0 Å². The Balaban J connectivity index is 2.00. The van der Waals surface area contributed by atoms with Crippen LogP contribution in [0.25, 0.3) is 0 Å². The molecular weight excluding hydrogens is 269 g/mol. The van der Waals surface area contributed by atoms with E-state index in [0.717, 1.165) is 31.2 Å². The highest BCUT2D eigenvalue weighted by molar-refractivity contribution is 6.33. The highest BCUT2D eigenvalue weighted by Crippen LogP contribution is 2.27. The normalized spacial score (nSPS) is 23.9. The number of nitrogens with two attached hydrogens (primary N) is 1. The smallest absolute Gasteiger partial charge is 0.140 e. The minimum absolute atomic E-state index is 0.139. The SMILES string of the molecule is NC1CCC(C(=O)Cc2cc(Cl)ccc2Cl)CC1. The summed E-state index contributed by atoms with van der Waals surface area (Å²) in [5.41, 5.74) is 6.67. The van der Waals surface area contributed by atoms with Crippen LogP contribution in [0.3, 0.4) is 0 Å². The molecule has 1 saturated carbocycles. The van der Waals surface area contributed by atoms with Crippen LogP contribution in [0.5, 0.6) is 0 Å². The molecule has 1 aliphatic rings. The largest absolute Gasteiger partial charge is 0.328 e. The zero-order valence-corrected chi connectivity index (χ0v) is 11.7. The molecule has 18 heavy (non-hydrogen) atoms. The van der Waals surface area contributed by atoms with Crippen LogP contribution in [0.4, 0.5) is 0 Å². The predicted molar refractivity (Wildman–Crippen MR) is 75.1 cm³/mol. The molecule has 0 amide bonds. The Hall–Kier alpha value is -0.570. The monoisotopic (exact) mass is 285 g/mol. The van der Waals surface area contributed by atoms with Crippen molar-refractivity contribution in [3.05, 3.63) is 33.8 Å². The van der Waals surface area contributed by atoms with Gasteiger partial charge in [0, 0.05) is 28.4 Å². The number of halogens is 2. The summed E-state index contributed by atoms with van der Waals surface area (Å²) in [6.45, 7) is 0. The number of benzene rings is 1. The first-order valence-electron chi connectivity index (χ1n) is 6.28. The Morgan fingerprint density at radius 3 is 2.56 bits per heavy atom. The van der Waals surface area contributed by atoms with E-state index in [0.29, 0.717) is 16.5 Å². The third-order valence-corrected chi connectivity index (χ3v) is 4.20. The van der Waals surface area contributed by atoms with Crippen LogP contribution in [0.15, 0.2) is 18.2 Å². The average Bonchev–Trinajstić information content (AvgIpc) is 2.34. The van der Waals surface area contributed by atoms with Gasteiger partial charge in [0.25, 0.3) is 0 Å². The Labute approximate surface area is 117 Å². The summed E-state index contributed by atoms with van der Waals surface area (Å²) in [5.74, 6) is 0.394. The molecule has 0 unspecified atom stereocenters. The summed E-state index contributed by atoms with van der Waals surface area (Å²) in [6.07, 6.45) is 4.06. The van der Waals surface area contributed by atoms with Crippen LogP contribution >= 0.6 is 23.2 Å². The number of carbonyl (C=O) groups excluding carboxylic acids is 1. The van der Waals surface area contributed by atoms with Crippen molar-refractivity contribution in [1.29, 1.82) is 0 Å². The summed E-state index contributed by atoms with van der Waals surface area (Å²) in [6, 6.07) is 5.51. The van der Waals surface area contributed by atoms with Crippen LogP contribution in [-0.4, -0.2) is 11.8 Å². The molecule has 0 aliphatic heterocycles. The number of ketones is 1.